The Hall–Kier alpha value is -0.660. The Morgan fingerprint density at radius 3 is 2.67 bits per heavy atom. The van der Waals surface area contributed by atoms with E-state index in [-0.39, 0.29) is 0 Å². The summed E-state index contributed by atoms with van der Waals surface area (Å²) in [5.41, 5.74) is 0. The van der Waals surface area contributed by atoms with Gasteiger partial charge in [0, 0.05) is 13.6 Å². The first-order valence-electron chi connectivity index (χ1n) is 6.23. The summed E-state index contributed by atoms with van der Waals surface area (Å²) in [6.45, 7) is 1.17. The second kappa shape index (κ2) is 6.49. The van der Waals surface area contributed by atoms with Crippen LogP contribution in [0.25, 0.3) is 0 Å². The molecule has 1 rings (SSSR count). The fraction of sp³-hybridized carbons (Fsp3) is 0.909. The fourth-order valence-electron chi connectivity index (χ4n) is 2.40. The Balaban J connectivity index is 2.70. The molecule has 0 bridgehead atoms. The van der Waals surface area contributed by atoms with E-state index in [2.05, 4.69) is 5.32 Å². The molecule has 0 saturated heterocycles. The molecule has 0 aromatic carbocycles. The number of aliphatic carboxylic acids is 1. The van der Waals surface area contributed by atoms with Gasteiger partial charge in [-0.1, -0.05) is 6.42 Å². The third-order valence-electron chi connectivity index (χ3n) is 3.49. The van der Waals surface area contributed by atoms with Gasteiger partial charge < -0.3 is 10.4 Å². The second-order valence-corrected chi connectivity index (χ2v) is 7.00. The second-order valence-electron chi connectivity index (χ2n) is 4.74. The molecular weight excluding hydrogens is 256 g/mol. The molecule has 7 heteroatoms. The van der Waals surface area contributed by atoms with Gasteiger partial charge >= 0.3 is 5.97 Å². The van der Waals surface area contributed by atoms with Crippen molar-refractivity contribution in [2.45, 2.75) is 30.9 Å². The van der Waals surface area contributed by atoms with Crippen LogP contribution in [0.5, 0.6) is 0 Å². The van der Waals surface area contributed by atoms with E-state index in [1.807, 2.05) is 7.05 Å². The minimum Gasteiger partial charge on any atom is -0.481 e. The van der Waals surface area contributed by atoms with E-state index in [9.17, 15) is 13.2 Å². The molecule has 0 spiro atoms. The largest absolute Gasteiger partial charge is 0.481 e. The Morgan fingerprint density at radius 2 is 2.11 bits per heavy atom. The van der Waals surface area contributed by atoms with Crippen molar-refractivity contribution < 1.29 is 18.3 Å². The number of nitrogens with one attached hydrogen (secondary N) is 1. The van der Waals surface area contributed by atoms with Crippen molar-refractivity contribution in [3.8, 4) is 0 Å². The van der Waals surface area contributed by atoms with Gasteiger partial charge in [-0.15, -0.1) is 0 Å². The van der Waals surface area contributed by atoms with E-state index in [0.29, 0.717) is 25.8 Å². The Bertz CT molecular complexity index is 383. The van der Waals surface area contributed by atoms with Gasteiger partial charge in [0.2, 0.25) is 10.0 Å². The van der Waals surface area contributed by atoms with Crippen LogP contribution in [0.2, 0.25) is 0 Å². The molecule has 0 aliphatic heterocycles. The van der Waals surface area contributed by atoms with Crippen LogP contribution in [0.4, 0.5) is 0 Å². The van der Waals surface area contributed by atoms with E-state index in [1.54, 1.807) is 0 Å². The van der Waals surface area contributed by atoms with Gasteiger partial charge in [-0.05, 0) is 32.9 Å². The molecule has 2 atom stereocenters. The van der Waals surface area contributed by atoms with Gasteiger partial charge in [-0.3, -0.25) is 4.79 Å². The standard InChI is InChI=1S/C11H22N2O4S/c1-12-7-4-8-13(2)18(16,17)10-6-3-5-9(10)11(14)15/h9-10,12H,3-8H2,1-2H3,(H,14,15). The number of rotatable bonds is 7. The van der Waals surface area contributed by atoms with Gasteiger partial charge in [0.1, 0.15) is 0 Å². The summed E-state index contributed by atoms with van der Waals surface area (Å²) in [5.74, 6) is -1.74. The van der Waals surface area contributed by atoms with Gasteiger partial charge in [-0.25, -0.2) is 12.7 Å². The van der Waals surface area contributed by atoms with Gasteiger partial charge in [0.15, 0.2) is 0 Å². The number of nitrogens with zero attached hydrogens (tertiary/aromatic N) is 1. The first-order chi connectivity index (χ1) is 8.41. The summed E-state index contributed by atoms with van der Waals surface area (Å²) in [7, 11) is -0.147. The molecule has 1 saturated carbocycles. The van der Waals surface area contributed by atoms with E-state index in [0.717, 1.165) is 13.0 Å². The summed E-state index contributed by atoms with van der Waals surface area (Å²) >= 11 is 0. The van der Waals surface area contributed by atoms with Crippen molar-refractivity contribution in [1.29, 1.82) is 0 Å². The molecule has 1 fully saturated rings. The van der Waals surface area contributed by atoms with E-state index >= 15 is 0 Å². The lowest BCUT2D eigenvalue weighted by Crippen LogP contribution is -2.41. The lowest BCUT2D eigenvalue weighted by molar-refractivity contribution is -0.141. The average Bonchev–Trinajstić information content (AvgIpc) is 2.78. The predicted molar refractivity (Wildman–Crippen MR) is 68.9 cm³/mol. The molecular formula is C11H22N2O4S. The summed E-state index contributed by atoms with van der Waals surface area (Å²) < 4.78 is 25.9. The van der Waals surface area contributed by atoms with Crippen LogP contribution < -0.4 is 5.32 Å². The van der Waals surface area contributed by atoms with Crippen LogP contribution in [0, 0.1) is 5.92 Å². The smallest absolute Gasteiger partial charge is 0.307 e. The lowest BCUT2D eigenvalue weighted by atomic mass is 10.1. The maximum Gasteiger partial charge on any atom is 0.307 e. The van der Waals surface area contributed by atoms with Crippen molar-refractivity contribution in [3.05, 3.63) is 0 Å². The number of carboxylic acids is 1. The highest BCUT2D eigenvalue weighted by molar-refractivity contribution is 7.89. The molecule has 0 aromatic heterocycles. The predicted octanol–water partition coefficient (Wildman–Crippen LogP) is 0.111. The zero-order chi connectivity index (χ0) is 13.8. The van der Waals surface area contributed by atoms with Crippen molar-refractivity contribution in [3.63, 3.8) is 0 Å². The minimum absolute atomic E-state index is 0.423. The van der Waals surface area contributed by atoms with Crippen molar-refractivity contribution >= 4 is 16.0 Å². The normalized spacial score (nSPS) is 24.6. The molecule has 18 heavy (non-hydrogen) atoms. The maximum atomic E-state index is 12.3. The van der Waals surface area contributed by atoms with E-state index in [1.165, 1.54) is 11.4 Å². The van der Waals surface area contributed by atoms with Crippen molar-refractivity contribution in [2.24, 2.45) is 5.92 Å². The number of hydrogen-bond donors (Lipinski definition) is 2. The minimum atomic E-state index is -3.49. The molecule has 0 amide bonds. The van der Waals surface area contributed by atoms with Crippen LogP contribution in [-0.2, 0) is 14.8 Å². The molecule has 0 heterocycles. The Kier molecular flexibility index (Phi) is 5.55. The molecule has 0 aromatic rings. The third kappa shape index (κ3) is 3.43. The summed E-state index contributed by atoms with van der Waals surface area (Å²) in [6.07, 6.45) is 2.31. The van der Waals surface area contributed by atoms with Crippen LogP contribution in [-0.4, -0.2) is 56.2 Å². The highest BCUT2D eigenvalue weighted by Gasteiger charge is 2.43. The Labute approximate surface area is 108 Å². The highest BCUT2D eigenvalue weighted by Crippen LogP contribution is 2.32. The van der Waals surface area contributed by atoms with Crippen molar-refractivity contribution in [1.82, 2.24) is 9.62 Å². The van der Waals surface area contributed by atoms with Crippen molar-refractivity contribution in [2.75, 3.05) is 27.2 Å². The molecule has 106 valence electrons. The zero-order valence-electron chi connectivity index (χ0n) is 10.9. The van der Waals surface area contributed by atoms with Gasteiger partial charge in [0.25, 0.3) is 0 Å². The average molecular weight is 278 g/mol. The van der Waals surface area contributed by atoms with Crippen LogP contribution >= 0.6 is 0 Å². The molecule has 0 radical (unpaired) electrons. The Morgan fingerprint density at radius 1 is 1.44 bits per heavy atom. The molecule has 2 N–H and O–H groups in total. The SMILES string of the molecule is CNCCCN(C)S(=O)(=O)C1CCCC1C(=O)O. The lowest BCUT2D eigenvalue weighted by Gasteiger charge is -2.24. The number of carboxylic acid groups (broad SMARTS) is 1. The molecule has 1 aliphatic carbocycles. The highest BCUT2D eigenvalue weighted by atomic mass is 32.2. The summed E-state index contributed by atoms with van der Waals surface area (Å²) in [5, 5.41) is 11.3. The van der Waals surface area contributed by atoms with Crippen LogP contribution in [0.1, 0.15) is 25.7 Å². The quantitative estimate of drug-likeness (QED) is 0.646. The first kappa shape index (κ1) is 15.4. The fourth-order valence-corrected chi connectivity index (χ4v) is 4.38. The number of sulfonamides is 1. The third-order valence-corrected chi connectivity index (χ3v) is 5.87. The maximum absolute atomic E-state index is 12.3. The van der Waals surface area contributed by atoms with E-state index in [4.69, 9.17) is 5.11 Å². The van der Waals surface area contributed by atoms with Crippen LogP contribution in [0.15, 0.2) is 0 Å². The number of hydrogen-bond acceptors (Lipinski definition) is 4. The van der Waals surface area contributed by atoms with Crippen LogP contribution in [0.3, 0.4) is 0 Å². The summed E-state index contributed by atoms with van der Waals surface area (Å²) in [4.78, 5) is 11.0. The zero-order valence-corrected chi connectivity index (χ0v) is 11.7. The first-order valence-corrected chi connectivity index (χ1v) is 7.74. The van der Waals surface area contributed by atoms with Gasteiger partial charge in [-0.2, -0.15) is 0 Å². The monoisotopic (exact) mass is 278 g/mol. The number of carbonyl (C=O) groups is 1. The topological polar surface area (TPSA) is 86.7 Å². The molecule has 6 nitrogen and oxygen atoms in total. The molecule has 2 unspecified atom stereocenters. The van der Waals surface area contributed by atoms with E-state index < -0.39 is 27.2 Å². The van der Waals surface area contributed by atoms with Gasteiger partial charge in [0.05, 0.1) is 11.2 Å². The summed E-state index contributed by atoms with van der Waals surface area (Å²) in [6, 6.07) is 0. The molecule has 1 aliphatic rings.